The Bertz CT molecular complexity index is 217. The summed E-state index contributed by atoms with van der Waals surface area (Å²) in [4.78, 5) is 0. The maximum Gasteiger partial charge on any atom is 0.0663 e. The van der Waals surface area contributed by atoms with E-state index >= 15 is 0 Å². The summed E-state index contributed by atoms with van der Waals surface area (Å²) < 4.78 is 6.00. The summed E-state index contributed by atoms with van der Waals surface area (Å²) in [6.07, 6.45) is 2.20. The molecule has 1 heterocycles. The first-order valence-electron chi connectivity index (χ1n) is 5.87. The Morgan fingerprint density at radius 2 is 1.87 bits per heavy atom. The van der Waals surface area contributed by atoms with Gasteiger partial charge in [0, 0.05) is 5.25 Å². The van der Waals surface area contributed by atoms with Crippen LogP contribution in [0.1, 0.15) is 41.5 Å². The Kier molecular flexibility index (Phi) is 3.83. The molecule has 2 heteroatoms. The summed E-state index contributed by atoms with van der Waals surface area (Å²) in [5.41, 5.74) is 0.363. The zero-order chi connectivity index (χ0) is 11.9. The van der Waals surface area contributed by atoms with Gasteiger partial charge < -0.3 is 4.74 Å². The summed E-state index contributed by atoms with van der Waals surface area (Å²) in [5.74, 6) is 1.34. The molecule has 0 N–H and O–H groups in total. The van der Waals surface area contributed by atoms with E-state index in [2.05, 4.69) is 47.8 Å². The highest BCUT2D eigenvalue weighted by molar-refractivity contribution is 7.99. The molecule has 0 aliphatic carbocycles. The van der Waals surface area contributed by atoms with E-state index in [9.17, 15) is 0 Å². The van der Waals surface area contributed by atoms with Crippen LogP contribution < -0.4 is 0 Å². The van der Waals surface area contributed by atoms with Gasteiger partial charge in [0.15, 0.2) is 0 Å². The van der Waals surface area contributed by atoms with E-state index in [4.69, 9.17) is 4.74 Å². The third kappa shape index (κ3) is 2.71. The molecule has 0 radical (unpaired) electrons. The molecule has 0 spiro atoms. The molecule has 1 aliphatic heterocycles. The minimum atomic E-state index is 0.0346. The molecule has 15 heavy (non-hydrogen) atoms. The molecule has 1 nitrogen and oxygen atoms in total. The summed E-state index contributed by atoms with van der Waals surface area (Å²) >= 11 is 1.96. The van der Waals surface area contributed by atoms with Crippen molar-refractivity contribution in [2.45, 2.75) is 52.4 Å². The van der Waals surface area contributed by atoms with Crippen LogP contribution in [0.15, 0.2) is 0 Å². The first-order valence-corrected chi connectivity index (χ1v) is 7.15. The maximum atomic E-state index is 6.00. The first-order chi connectivity index (χ1) is 6.70. The summed E-state index contributed by atoms with van der Waals surface area (Å²) in [6.45, 7) is 14.8. The zero-order valence-corrected chi connectivity index (χ0v) is 12.1. The van der Waals surface area contributed by atoms with Gasteiger partial charge in [-0.2, -0.15) is 11.8 Å². The Hall–Kier alpha value is 0.310. The molecule has 1 unspecified atom stereocenters. The van der Waals surface area contributed by atoms with Crippen LogP contribution in [0.5, 0.6) is 0 Å². The standard InChI is InChI=1S/C13H26OS/c1-9(15-7)10-8-14-13(5,6)11(10)12(2,3)4/h9-11H,8H2,1-7H3/t9?,10-,11-/m1/s1. The van der Waals surface area contributed by atoms with Gasteiger partial charge in [-0.3, -0.25) is 0 Å². The fraction of sp³-hybridized carbons (Fsp3) is 1.00. The lowest BCUT2D eigenvalue weighted by Crippen LogP contribution is -2.41. The van der Waals surface area contributed by atoms with E-state index in [1.54, 1.807) is 0 Å². The van der Waals surface area contributed by atoms with Crippen molar-refractivity contribution in [3.63, 3.8) is 0 Å². The highest BCUT2D eigenvalue weighted by atomic mass is 32.2. The topological polar surface area (TPSA) is 9.23 Å². The van der Waals surface area contributed by atoms with Crippen LogP contribution in [-0.2, 0) is 4.74 Å². The van der Waals surface area contributed by atoms with Crippen molar-refractivity contribution >= 4 is 11.8 Å². The lowest BCUT2D eigenvalue weighted by atomic mass is 9.66. The lowest BCUT2D eigenvalue weighted by molar-refractivity contribution is -0.0192. The van der Waals surface area contributed by atoms with E-state index in [0.29, 0.717) is 22.5 Å². The molecule has 0 aromatic rings. The van der Waals surface area contributed by atoms with Crippen LogP contribution >= 0.6 is 11.8 Å². The van der Waals surface area contributed by atoms with Gasteiger partial charge in [-0.25, -0.2) is 0 Å². The lowest BCUT2D eigenvalue weighted by Gasteiger charge is -2.40. The SMILES string of the molecule is CSC(C)[C@H]1COC(C)(C)[C@H]1C(C)(C)C. The van der Waals surface area contributed by atoms with Crippen molar-refractivity contribution in [3.8, 4) is 0 Å². The Morgan fingerprint density at radius 1 is 1.33 bits per heavy atom. The fourth-order valence-corrected chi connectivity index (χ4v) is 3.86. The van der Waals surface area contributed by atoms with Crippen molar-refractivity contribution in [1.29, 1.82) is 0 Å². The number of rotatable bonds is 2. The number of ether oxygens (including phenoxy) is 1. The van der Waals surface area contributed by atoms with E-state index in [-0.39, 0.29) is 5.60 Å². The zero-order valence-electron chi connectivity index (χ0n) is 11.3. The van der Waals surface area contributed by atoms with Gasteiger partial charge >= 0.3 is 0 Å². The Morgan fingerprint density at radius 3 is 2.27 bits per heavy atom. The second kappa shape index (κ2) is 4.29. The molecule has 1 aliphatic rings. The monoisotopic (exact) mass is 230 g/mol. The first kappa shape index (κ1) is 13.4. The second-order valence-corrected chi connectivity index (χ2v) is 7.58. The van der Waals surface area contributed by atoms with Crippen LogP contribution in [0.4, 0.5) is 0 Å². The molecule has 0 saturated carbocycles. The quantitative estimate of drug-likeness (QED) is 0.713. The molecule has 1 saturated heterocycles. The number of thioether (sulfide) groups is 1. The van der Waals surface area contributed by atoms with Crippen molar-refractivity contribution in [2.75, 3.05) is 12.9 Å². The van der Waals surface area contributed by atoms with Crippen LogP contribution in [0.3, 0.4) is 0 Å². The molecule has 3 atom stereocenters. The Labute approximate surface area is 99.3 Å². The van der Waals surface area contributed by atoms with Crippen LogP contribution in [0, 0.1) is 17.3 Å². The number of hydrogen-bond donors (Lipinski definition) is 0. The molecule has 0 bridgehead atoms. The Balaban J connectivity index is 2.92. The van der Waals surface area contributed by atoms with Crippen LogP contribution in [0.25, 0.3) is 0 Å². The van der Waals surface area contributed by atoms with Gasteiger partial charge in [0.1, 0.15) is 0 Å². The highest BCUT2D eigenvalue weighted by Gasteiger charge is 2.50. The predicted octanol–water partition coefficient (Wildman–Crippen LogP) is 3.83. The average molecular weight is 230 g/mol. The van der Waals surface area contributed by atoms with Gasteiger partial charge in [0.05, 0.1) is 12.2 Å². The minimum absolute atomic E-state index is 0.0346. The largest absolute Gasteiger partial charge is 0.375 e. The fourth-order valence-electron chi connectivity index (χ4n) is 3.28. The molecule has 1 rings (SSSR count). The van der Waals surface area contributed by atoms with E-state index in [1.807, 2.05) is 11.8 Å². The molecule has 0 amide bonds. The molecule has 90 valence electrons. The van der Waals surface area contributed by atoms with Crippen LogP contribution in [0.2, 0.25) is 0 Å². The van der Waals surface area contributed by atoms with Gasteiger partial charge in [-0.05, 0) is 37.4 Å². The summed E-state index contributed by atoms with van der Waals surface area (Å²) in [6, 6.07) is 0. The molecular weight excluding hydrogens is 204 g/mol. The third-order valence-corrected chi connectivity index (χ3v) is 4.83. The van der Waals surface area contributed by atoms with Crippen LogP contribution in [-0.4, -0.2) is 23.7 Å². The van der Waals surface area contributed by atoms with Gasteiger partial charge in [-0.1, -0.05) is 27.7 Å². The second-order valence-electron chi connectivity index (χ2n) is 6.36. The van der Waals surface area contributed by atoms with Crippen molar-refractivity contribution in [2.24, 2.45) is 17.3 Å². The normalized spacial score (nSPS) is 33.0. The van der Waals surface area contributed by atoms with Crippen molar-refractivity contribution < 1.29 is 4.74 Å². The van der Waals surface area contributed by atoms with Gasteiger partial charge in [-0.15, -0.1) is 0 Å². The summed E-state index contributed by atoms with van der Waals surface area (Å²) in [5, 5.41) is 0.691. The minimum Gasteiger partial charge on any atom is -0.375 e. The molecule has 1 fully saturated rings. The van der Waals surface area contributed by atoms with Crippen molar-refractivity contribution in [3.05, 3.63) is 0 Å². The summed E-state index contributed by atoms with van der Waals surface area (Å²) in [7, 11) is 0. The smallest absolute Gasteiger partial charge is 0.0663 e. The predicted molar refractivity (Wildman–Crippen MR) is 69.4 cm³/mol. The highest BCUT2D eigenvalue weighted by Crippen LogP contribution is 2.49. The third-order valence-electron chi connectivity index (χ3n) is 3.73. The van der Waals surface area contributed by atoms with E-state index in [1.165, 1.54) is 0 Å². The molecular formula is C13H26OS. The van der Waals surface area contributed by atoms with E-state index < -0.39 is 0 Å². The van der Waals surface area contributed by atoms with E-state index in [0.717, 1.165) is 6.61 Å². The van der Waals surface area contributed by atoms with Gasteiger partial charge in [0.25, 0.3) is 0 Å². The molecule has 0 aromatic heterocycles. The maximum absolute atomic E-state index is 6.00. The van der Waals surface area contributed by atoms with Gasteiger partial charge in [0.2, 0.25) is 0 Å². The average Bonchev–Trinajstić information content (AvgIpc) is 2.39. The number of hydrogen-bond acceptors (Lipinski definition) is 2. The molecule has 0 aromatic carbocycles. The van der Waals surface area contributed by atoms with Crippen molar-refractivity contribution in [1.82, 2.24) is 0 Å².